The van der Waals surface area contributed by atoms with E-state index in [1.165, 1.54) is 14.2 Å². The van der Waals surface area contributed by atoms with Crippen LogP contribution in [0.2, 0.25) is 0 Å². The Morgan fingerprint density at radius 1 is 1.07 bits per heavy atom. The highest BCUT2D eigenvalue weighted by Gasteiger charge is 2.22. The Labute approximate surface area is 86.9 Å². The number of benzene rings is 1. The Morgan fingerprint density at radius 2 is 1.60 bits per heavy atom. The van der Waals surface area contributed by atoms with E-state index in [0.717, 1.165) is 0 Å². The quantitative estimate of drug-likeness (QED) is 0.737. The first-order valence-electron chi connectivity index (χ1n) is 4.20. The average molecular weight is 212 g/mol. The summed E-state index contributed by atoms with van der Waals surface area (Å²) in [6.07, 6.45) is 0.481. The standard InChI is InChI=1S/C10H12O5/c1-5-6(4-11)7(12)10(15-3)8(13)9(5)14-2/h4,12-13H,1-3H3. The van der Waals surface area contributed by atoms with Crippen LogP contribution in [-0.2, 0) is 0 Å². The molecule has 0 radical (unpaired) electrons. The number of carbonyl (C=O) groups is 1. The third kappa shape index (κ3) is 1.56. The Kier molecular flexibility index (Phi) is 3.04. The van der Waals surface area contributed by atoms with E-state index in [4.69, 9.17) is 9.47 Å². The van der Waals surface area contributed by atoms with Gasteiger partial charge in [-0.1, -0.05) is 0 Å². The van der Waals surface area contributed by atoms with Crippen LogP contribution < -0.4 is 9.47 Å². The molecule has 0 saturated heterocycles. The van der Waals surface area contributed by atoms with Crippen LogP contribution in [0.1, 0.15) is 15.9 Å². The zero-order valence-electron chi connectivity index (χ0n) is 8.70. The van der Waals surface area contributed by atoms with Crippen molar-refractivity contribution in [2.45, 2.75) is 6.92 Å². The zero-order chi connectivity index (χ0) is 11.6. The molecule has 2 N–H and O–H groups in total. The molecule has 0 bridgehead atoms. The van der Waals surface area contributed by atoms with Gasteiger partial charge in [0.05, 0.1) is 19.8 Å². The van der Waals surface area contributed by atoms with Gasteiger partial charge in [-0.15, -0.1) is 0 Å². The minimum absolute atomic E-state index is 0.0431. The molecule has 1 aromatic carbocycles. The lowest BCUT2D eigenvalue weighted by Crippen LogP contribution is -1.97. The summed E-state index contributed by atoms with van der Waals surface area (Å²) in [5.74, 6) is -0.754. The van der Waals surface area contributed by atoms with Gasteiger partial charge in [0.25, 0.3) is 0 Å². The van der Waals surface area contributed by atoms with Crippen molar-refractivity contribution in [3.63, 3.8) is 0 Å². The molecule has 0 aliphatic heterocycles. The predicted molar refractivity (Wildman–Crippen MR) is 53.0 cm³/mol. The molecule has 0 saturated carbocycles. The van der Waals surface area contributed by atoms with E-state index in [0.29, 0.717) is 11.8 Å². The zero-order valence-corrected chi connectivity index (χ0v) is 8.70. The van der Waals surface area contributed by atoms with Crippen LogP contribution in [0, 0.1) is 6.92 Å². The van der Waals surface area contributed by atoms with Crippen LogP contribution in [0.15, 0.2) is 0 Å². The van der Waals surface area contributed by atoms with Crippen LogP contribution >= 0.6 is 0 Å². The lowest BCUT2D eigenvalue weighted by Gasteiger charge is -2.14. The monoisotopic (exact) mass is 212 g/mol. The summed E-state index contributed by atoms with van der Waals surface area (Å²) in [6, 6.07) is 0. The first-order valence-corrected chi connectivity index (χ1v) is 4.20. The van der Waals surface area contributed by atoms with Crippen molar-refractivity contribution in [3.05, 3.63) is 11.1 Å². The topological polar surface area (TPSA) is 76.0 Å². The van der Waals surface area contributed by atoms with E-state index in [1.54, 1.807) is 6.92 Å². The number of phenols is 2. The van der Waals surface area contributed by atoms with Crippen molar-refractivity contribution in [1.82, 2.24) is 0 Å². The van der Waals surface area contributed by atoms with E-state index < -0.39 is 0 Å². The van der Waals surface area contributed by atoms with Crippen LogP contribution in [0.4, 0.5) is 0 Å². The molecular weight excluding hydrogens is 200 g/mol. The maximum atomic E-state index is 10.7. The van der Waals surface area contributed by atoms with Crippen molar-refractivity contribution in [2.24, 2.45) is 0 Å². The molecule has 0 atom stereocenters. The van der Waals surface area contributed by atoms with E-state index in [1.807, 2.05) is 0 Å². The first-order chi connectivity index (χ1) is 7.08. The maximum absolute atomic E-state index is 10.7. The number of carbonyl (C=O) groups excluding carboxylic acids is 1. The molecule has 0 aliphatic carbocycles. The maximum Gasteiger partial charge on any atom is 0.207 e. The molecule has 0 fully saturated rings. The summed E-state index contributed by atoms with van der Waals surface area (Å²) in [6.45, 7) is 1.56. The number of hydrogen-bond acceptors (Lipinski definition) is 5. The summed E-state index contributed by atoms with van der Waals surface area (Å²) < 4.78 is 9.69. The van der Waals surface area contributed by atoms with Crippen molar-refractivity contribution in [3.8, 4) is 23.0 Å². The van der Waals surface area contributed by atoms with Crippen LogP contribution in [0.25, 0.3) is 0 Å². The normalized spacial score (nSPS) is 9.80. The van der Waals surface area contributed by atoms with Crippen molar-refractivity contribution in [2.75, 3.05) is 14.2 Å². The van der Waals surface area contributed by atoms with E-state index in [-0.39, 0.29) is 28.6 Å². The Hall–Kier alpha value is -1.91. The number of aldehydes is 1. The van der Waals surface area contributed by atoms with Crippen LogP contribution in [0.3, 0.4) is 0 Å². The summed E-state index contributed by atoms with van der Waals surface area (Å²) in [5, 5.41) is 19.2. The highest BCUT2D eigenvalue weighted by atomic mass is 16.5. The van der Waals surface area contributed by atoms with Gasteiger partial charge in [0.15, 0.2) is 17.8 Å². The fourth-order valence-electron chi connectivity index (χ4n) is 1.40. The second kappa shape index (κ2) is 4.08. The minimum atomic E-state index is -0.386. The number of hydrogen-bond donors (Lipinski definition) is 2. The summed E-state index contributed by atoms with van der Waals surface area (Å²) in [5.41, 5.74) is 0.407. The van der Waals surface area contributed by atoms with Crippen LogP contribution in [-0.4, -0.2) is 30.7 Å². The third-order valence-corrected chi connectivity index (χ3v) is 2.17. The Bertz CT molecular complexity index is 366. The van der Waals surface area contributed by atoms with Gasteiger partial charge in [0, 0.05) is 5.56 Å². The molecule has 1 rings (SSSR count). The Balaban J connectivity index is 3.64. The minimum Gasteiger partial charge on any atom is -0.504 e. The lowest BCUT2D eigenvalue weighted by atomic mass is 10.1. The second-order valence-electron chi connectivity index (χ2n) is 2.92. The van der Waals surface area contributed by atoms with Crippen molar-refractivity contribution < 1.29 is 24.5 Å². The second-order valence-corrected chi connectivity index (χ2v) is 2.92. The number of aromatic hydroxyl groups is 2. The van der Waals surface area contributed by atoms with Crippen molar-refractivity contribution >= 4 is 6.29 Å². The average Bonchev–Trinajstić information content (AvgIpc) is 2.19. The van der Waals surface area contributed by atoms with Gasteiger partial charge in [-0.05, 0) is 6.92 Å². The molecule has 0 spiro atoms. The number of methoxy groups -OCH3 is 2. The smallest absolute Gasteiger partial charge is 0.207 e. The van der Waals surface area contributed by atoms with E-state index in [9.17, 15) is 15.0 Å². The van der Waals surface area contributed by atoms with Gasteiger partial charge in [-0.25, -0.2) is 0 Å². The fraction of sp³-hybridized carbons (Fsp3) is 0.300. The summed E-state index contributed by atoms with van der Waals surface area (Å²) in [7, 11) is 2.63. The first kappa shape index (κ1) is 11.2. The molecule has 5 heteroatoms. The van der Waals surface area contributed by atoms with Gasteiger partial charge in [0.2, 0.25) is 11.5 Å². The molecule has 15 heavy (non-hydrogen) atoms. The van der Waals surface area contributed by atoms with E-state index in [2.05, 4.69) is 0 Å². The molecule has 0 heterocycles. The largest absolute Gasteiger partial charge is 0.504 e. The predicted octanol–water partition coefficient (Wildman–Crippen LogP) is 1.24. The lowest BCUT2D eigenvalue weighted by molar-refractivity contribution is 0.111. The summed E-state index contributed by atoms with van der Waals surface area (Å²) in [4.78, 5) is 10.7. The number of phenolic OH excluding ortho intramolecular Hbond substituents is 2. The van der Waals surface area contributed by atoms with Gasteiger partial charge in [-0.3, -0.25) is 4.79 Å². The molecule has 82 valence electrons. The molecule has 0 amide bonds. The SMILES string of the molecule is COc1c(C)c(C=O)c(O)c(OC)c1O. The molecule has 5 nitrogen and oxygen atoms in total. The number of rotatable bonds is 3. The highest BCUT2D eigenvalue weighted by Crippen LogP contribution is 2.47. The van der Waals surface area contributed by atoms with Gasteiger partial charge >= 0.3 is 0 Å². The van der Waals surface area contributed by atoms with Gasteiger partial charge < -0.3 is 19.7 Å². The molecule has 0 aliphatic rings. The fourth-order valence-corrected chi connectivity index (χ4v) is 1.40. The molecule has 0 unspecified atom stereocenters. The molecule has 1 aromatic rings. The third-order valence-electron chi connectivity index (χ3n) is 2.17. The van der Waals surface area contributed by atoms with Gasteiger partial charge in [0.1, 0.15) is 0 Å². The summed E-state index contributed by atoms with van der Waals surface area (Å²) >= 11 is 0. The highest BCUT2D eigenvalue weighted by molar-refractivity contribution is 5.86. The Morgan fingerprint density at radius 3 is 2.00 bits per heavy atom. The number of ether oxygens (including phenoxy) is 2. The van der Waals surface area contributed by atoms with E-state index >= 15 is 0 Å². The molecule has 0 aromatic heterocycles. The van der Waals surface area contributed by atoms with Crippen LogP contribution in [0.5, 0.6) is 23.0 Å². The molecular formula is C10H12O5. The van der Waals surface area contributed by atoms with Crippen molar-refractivity contribution in [1.29, 1.82) is 0 Å². The van der Waals surface area contributed by atoms with Gasteiger partial charge in [-0.2, -0.15) is 0 Å².